The summed E-state index contributed by atoms with van der Waals surface area (Å²) in [6, 6.07) is 15.8. The lowest BCUT2D eigenvalue weighted by Crippen LogP contribution is -2.45. The number of hydrogen-bond acceptors (Lipinski definition) is 3. The van der Waals surface area contributed by atoms with Crippen molar-refractivity contribution in [2.75, 3.05) is 13.1 Å². The Morgan fingerprint density at radius 3 is 2.63 bits per heavy atom. The number of para-hydroxylation sites is 1. The Balaban J connectivity index is 1.77. The fourth-order valence-corrected chi connectivity index (χ4v) is 3.66. The predicted molar refractivity (Wildman–Crippen MR) is 121 cm³/mol. The van der Waals surface area contributed by atoms with Crippen molar-refractivity contribution >= 4 is 11.9 Å². The molecule has 6 nitrogen and oxygen atoms in total. The van der Waals surface area contributed by atoms with Crippen molar-refractivity contribution in [3.05, 3.63) is 65.2 Å². The summed E-state index contributed by atoms with van der Waals surface area (Å²) in [6.45, 7) is 10.0. The first-order chi connectivity index (χ1) is 14.4. The van der Waals surface area contributed by atoms with Crippen LogP contribution in [-0.4, -0.2) is 30.6 Å². The van der Waals surface area contributed by atoms with Crippen molar-refractivity contribution in [3.8, 4) is 5.75 Å². The molecule has 3 N–H and O–H groups in total. The van der Waals surface area contributed by atoms with E-state index in [9.17, 15) is 4.79 Å². The van der Waals surface area contributed by atoms with Gasteiger partial charge in [0.2, 0.25) is 0 Å². The largest absolute Gasteiger partial charge is 0.487 e. The zero-order valence-corrected chi connectivity index (χ0v) is 18.3. The molecule has 2 aromatic carbocycles. The van der Waals surface area contributed by atoms with E-state index in [1.54, 1.807) is 0 Å². The van der Waals surface area contributed by atoms with Crippen LogP contribution in [-0.2, 0) is 6.54 Å². The Kier molecular flexibility index (Phi) is 6.98. The van der Waals surface area contributed by atoms with Crippen molar-refractivity contribution in [1.29, 1.82) is 0 Å². The molecule has 0 bridgehead atoms. The first-order valence-electron chi connectivity index (χ1n) is 10.6. The minimum atomic E-state index is -0.260. The van der Waals surface area contributed by atoms with Crippen LogP contribution < -0.4 is 20.7 Å². The Labute approximate surface area is 179 Å². The molecular formula is C24H32N4O2. The number of guanidine groups is 1. The van der Waals surface area contributed by atoms with Crippen molar-refractivity contribution < 1.29 is 9.53 Å². The molecule has 1 atom stereocenters. The summed E-state index contributed by atoms with van der Waals surface area (Å²) < 4.78 is 6.14. The highest BCUT2D eigenvalue weighted by molar-refractivity contribution is 5.94. The average molecular weight is 409 g/mol. The smallest absolute Gasteiger partial charge is 0.251 e. The molecule has 0 aromatic heterocycles. The standard InChI is InChI=1S/C24H32N4O2/c1-5-25-22(29)18-11-9-10-17(14-18)16-27-23(26-6-2)28-20-15-24(3,4)30-21-13-8-7-12-19(20)21/h7-14,20H,5-6,15-16H2,1-4H3,(H,25,29)(H2,26,27,28). The maximum Gasteiger partial charge on any atom is 0.251 e. The third-order valence-electron chi connectivity index (χ3n) is 4.98. The Hall–Kier alpha value is -3.02. The predicted octanol–water partition coefficient (Wildman–Crippen LogP) is 3.79. The van der Waals surface area contributed by atoms with Gasteiger partial charge in [0, 0.05) is 30.6 Å². The molecule has 1 aliphatic rings. The molecule has 0 fully saturated rings. The summed E-state index contributed by atoms with van der Waals surface area (Å²) in [5.41, 5.74) is 2.52. The van der Waals surface area contributed by atoms with Gasteiger partial charge < -0.3 is 20.7 Å². The number of rotatable bonds is 6. The molecule has 0 spiro atoms. The first-order valence-corrected chi connectivity index (χ1v) is 10.6. The number of carbonyl (C=O) groups excluding carboxylic acids is 1. The van der Waals surface area contributed by atoms with Gasteiger partial charge in [0.05, 0.1) is 12.6 Å². The molecule has 30 heavy (non-hydrogen) atoms. The van der Waals surface area contributed by atoms with Crippen LogP contribution in [0.15, 0.2) is 53.5 Å². The fraction of sp³-hybridized carbons (Fsp3) is 0.417. The van der Waals surface area contributed by atoms with Gasteiger partial charge in [-0.3, -0.25) is 4.79 Å². The number of hydrogen-bond donors (Lipinski definition) is 3. The molecule has 1 aliphatic heterocycles. The zero-order valence-electron chi connectivity index (χ0n) is 18.3. The van der Waals surface area contributed by atoms with E-state index in [2.05, 4.69) is 42.8 Å². The van der Waals surface area contributed by atoms with Crippen LogP contribution in [0.5, 0.6) is 5.75 Å². The second-order valence-electron chi connectivity index (χ2n) is 8.06. The quantitative estimate of drug-likeness (QED) is 0.502. The summed E-state index contributed by atoms with van der Waals surface area (Å²) in [5, 5.41) is 9.75. The lowest BCUT2D eigenvalue weighted by molar-refractivity contribution is 0.0694. The van der Waals surface area contributed by atoms with Crippen LogP contribution in [0, 0.1) is 0 Å². The molecule has 160 valence electrons. The molecule has 1 heterocycles. The number of ether oxygens (including phenoxy) is 1. The van der Waals surface area contributed by atoms with E-state index in [0.717, 1.165) is 35.8 Å². The summed E-state index contributed by atoms with van der Waals surface area (Å²) in [5.74, 6) is 1.60. The van der Waals surface area contributed by atoms with E-state index in [1.165, 1.54) is 0 Å². The van der Waals surface area contributed by atoms with Crippen molar-refractivity contribution in [2.24, 2.45) is 4.99 Å². The van der Waals surface area contributed by atoms with Crippen LogP contribution in [0.25, 0.3) is 0 Å². The number of fused-ring (bicyclic) bond motifs is 1. The second kappa shape index (κ2) is 9.65. The summed E-state index contributed by atoms with van der Waals surface area (Å²) in [4.78, 5) is 16.9. The zero-order chi connectivity index (χ0) is 21.6. The molecule has 3 rings (SSSR count). The van der Waals surface area contributed by atoms with Crippen LogP contribution in [0.1, 0.15) is 61.6 Å². The van der Waals surface area contributed by atoms with Gasteiger partial charge in [-0.05, 0) is 51.5 Å². The number of aliphatic imine (C=N–C) groups is 1. The van der Waals surface area contributed by atoms with Crippen LogP contribution >= 0.6 is 0 Å². The fourth-order valence-electron chi connectivity index (χ4n) is 3.66. The third kappa shape index (κ3) is 5.53. The number of nitrogens with one attached hydrogen (secondary N) is 3. The van der Waals surface area contributed by atoms with Crippen molar-refractivity contribution in [2.45, 2.75) is 52.3 Å². The van der Waals surface area contributed by atoms with Gasteiger partial charge in [0.1, 0.15) is 11.4 Å². The summed E-state index contributed by atoms with van der Waals surface area (Å²) >= 11 is 0. The molecule has 1 unspecified atom stereocenters. The van der Waals surface area contributed by atoms with E-state index in [1.807, 2.05) is 49.4 Å². The van der Waals surface area contributed by atoms with Gasteiger partial charge in [-0.25, -0.2) is 4.99 Å². The molecule has 0 radical (unpaired) electrons. The minimum Gasteiger partial charge on any atom is -0.487 e. The number of benzene rings is 2. The number of nitrogens with zero attached hydrogens (tertiary/aromatic N) is 1. The molecule has 1 amide bonds. The molecule has 0 saturated carbocycles. The van der Waals surface area contributed by atoms with E-state index < -0.39 is 0 Å². The summed E-state index contributed by atoms with van der Waals surface area (Å²) in [6.07, 6.45) is 0.834. The maximum absolute atomic E-state index is 12.1. The van der Waals surface area contributed by atoms with Crippen molar-refractivity contribution in [1.82, 2.24) is 16.0 Å². The number of amides is 1. The SMILES string of the molecule is CCNC(=O)c1cccc(CN=C(NCC)NC2CC(C)(C)Oc3ccccc32)c1. The lowest BCUT2D eigenvalue weighted by Gasteiger charge is -2.38. The topological polar surface area (TPSA) is 74.8 Å². The van der Waals surface area contributed by atoms with Gasteiger partial charge in [-0.1, -0.05) is 30.3 Å². The molecule has 0 saturated heterocycles. The van der Waals surface area contributed by atoms with Gasteiger partial charge in [0.15, 0.2) is 5.96 Å². The highest BCUT2D eigenvalue weighted by Crippen LogP contribution is 2.39. The second-order valence-corrected chi connectivity index (χ2v) is 8.06. The van der Waals surface area contributed by atoms with Gasteiger partial charge >= 0.3 is 0 Å². The third-order valence-corrected chi connectivity index (χ3v) is 4.98. The van der Waals surface area contributed by atoms with Gasteiger partial charge in [-0.15, -0.1) is 0 Å². The van der Waals surface area contributed by atoms with E-state index in [4.69, 9.17) is 9.73 Å². The van der Waals surface area contributed by atoms with E-state index in [-0.39, 0.29) is 17.6 Å². The average Bonchev–Trinajstić information content (AvgIpc) is 2.72. The highest BCUT2D eigenvalue weighted by Gasteiger charge is 2.33. The van der Waals surface area contributed by atoms with Gasteiger partial charge in [-0.2, -0.15) is 0 Å². The van der Waals surface area contributed by atoms with E-state index in [0.29, 0.717) is 18.7 Å². The first kappa shape index (κ1) is 21.7. The lowest BCUT2D eigenvalue weighted by atomic mass is 9.90. The monoisotopic (exact) mass is 408 g/mol. The van der Waals surface area contributed by atoms with Crippen LogP contribution in [0.3, 0.4) is 0 Å². The van der Waals surface area contributed by atoms with Crippen LogP contribution in [0.4, 0.5) is 0 Å². The maximum atomic E-state index is 12.1. The Morgan fingerprint density at radius 2 is 1.87 bits per heavy atom. The molecule has 6 heteroatoms. The summed E-state index contributed by atoms with van der Waals surface area (Å²) in [7, 11) is 0. The van der Waals surface area contributed by atoms with Crippen LogP contribution in [0.2, 0.25) is 0 Å². The number of carbonyl (C=O) groups is 1. The molecule has 0 aliphatic carbocycles. The molecule has 2 aromatic rings. The van der Waals surface area contributed by atoms with Gasteiger partial charge in [0.25, 0.3) is 5.91 Å². The van der Waals surface area contributed by atoms with Crippen molar-refractivity contribution in [3.63, 3.8) is 0 Å². The van der Waals surface area contributed by atoms with E-state index >= 15 is 0 Å². The normalized spacial score (nSPS) is 17.5. The molecular weight excluding hydrogens is 376 g/mol. The minimum absolute atomic E-state index is 0.0607. The Bertz CT molecular complexity index is 908. The Morgan fingerprint density at radius 1 is 1.10 bits per heavy atom. The highest BCUT2D eigenvalue weighted by atomic mass is 16.5.